The molecule has 0 aliphatic rings. The molecule has 0 N–H and O–H groups in total. The van der Waals surface area contributed by atoms with Gasteiger partial charge in [-0.2, -0.15) is 0 Å². The zero-order valence-corrected chi connectivity index (χ0v) is 14.7. The largest absolute Gasteiger partial charge is 0.0887 e. The molecule has 0 saturated heterocycles. The molecule has 0 heterocycles. The number of hydrogen-bond acceptors (Lipinski definition) is 0. The second-order valence-electron chi connectivity index (χ2n) is 6.48. The van der Waals surface area contributed by atoms with E-state index in [0.29, 0.717) is 0 Å². The highest BCUT2D eigenvalue weighted by Crippen LogP contribution is 2.14. The second-order valence-corrected chi connectivity index (χ2v) is 6.48. The Labute approximate surface area is 129 Å². The van der Waals surface area contributed by atoms with Crippen LogP contribution in [0.2, 0.25) is 0 Å². The summed E-state index contributed by atoms with van der Waals surface area (Å²) in [6, 6.07) is 0. The van der Waals surface area contributed by atoms with Crippen LogP contribution in [-0.2, 0) is 0 Å². The summed E-state index contributed by atoms with van der Waals surface area (Å²) >= 11 is 0. The van der Waals surface area contributed by atoms with E-state index >= 15 is 0 Å². The van der Waals surface area contributed by atoms with E-state index in [1.807, 2.05) is 0 Å². The van der Waals surface area contributed by atoms with E-state index in [2.05, 4.69) is 26.8 Å². The highest BCUT2D eigenvalue weighted by atomic mass is 14.0. The van der Waals surface area contributed by atoms with Crippen LogP contribution in [0.25, 0.3) is 0 Å². The topological polar surface area (TPSA) is 0 Å². The number of rotatable bonds is 15. The van der Waals surface area contributed by atoms with Crippen LogP contribution in [0.4, 0.5) is 0 Å². The van der Waals surface area contributed by atoms with Crippen LogP contribution < -0.4 is 0 Å². The van der Waals surface area contributed by atoms with Gasteiger partial charge < -0.3 is 0 Å². The molecule has 0 unspecified atom stereocenters. The molecule has 0 radical (unpaired) electrons. The van der Waals surface area contributed by atoms with Crippen LogP contribution >= 0.6 is 0 Å². The molecule has 0 aromatic carbocycles. The third-order valence-electron chi connectivity index (χ3n) is 4.42. The Balaban J connectivity index is 2.99. The van der Waals surface area contributed by atoms with Crippen molar-refractivity contribution in [1.82, 2.24) is 0 Å². The highest BCUT2D eigenvalue weighted by Gasteiger charge is 1.94. The summed E-state index contributed by atoms with van der Waals surface area (Å²) in [6.07, 6.45) is 23.9. The standard InChI is InChI=1S/C20H40/c1-4-6-7-8-9-10-11-12-13-14-15-16-17-18-19-20(3)5-2/h5H,4,6-19H2,1-3H3/b20-5+. The molecule has 0 atom stereocenters. The quantitative estimate of drug-likeness (QED) is 0.212. The third-order valence-corrected chi connectivity index (χ3v) is 4.42. The van der Waals surface area contributed by atoms with E-state index < -0.39 is 0 Å². The average Bonchev–Trinajstić information content (AvgIpc) is 2.47. The van der Waals surface area contributed by atoms with Crippen LogP contribution in [0.1, 0.15) is 117 Å². The van der Waals surface area contributed by atoms with Gasteiger partial charge in [0.05, 0.1) is 0 Å². The highest BCUT2D eigenvalue weighted by molar-refractivity contribution is 4.94. The normalized spacial score (nSPS) is 12.1. The maximum Gasteiger partial charge on any atom is -0.0323 e. The maximum absolute atomic E-state index is 2.29. The SMILES string of the molecule is C/C=C(\C)CCCCCCCCCCCCCCCC. The fraction of sp³-hybridized carbons (Fsp3) is 0.900. The zero-order valence-electron chi connectivity index (χ0n) is 14.7. The molecular formula is C20H40. The molecule has 0 spiro atoms. The molecule has 0 aromatic heterocycles. The van der Waals surface area contributed by atoms with Crippen LogP contribution in [0.15, 0.2) is 11.6 Å². The lowest BCUT2D eigenvalue weighted by atomic mass is 10.0. The first-order valence-corrected chi connectivity index (χ1v) is 9.43. The molecule has 0 amide bonds. The van der Waals surface area contributed by atoms with E-state index in [0.717, 1.165) is 0 Å². The van der Waals surface area contributed by atoms with Crippen LogP contribution in [0.5, 0.6) is 0 Å². The van der Waals surface area contributed by atoms with Gasteiger partial charge in [0, 0.05) is 0 Å². The fourth-order valence-corrected chi connectivity index (χ4v) is 2.74. The fourth-order valence-electron chi connectivity index (χ4n) is 2.74. The molecule has 0 heteroatoms. The van der Waals surface area contributed by atoms with Crippen LogP contribution in [0.3, 0.4) is 0 Å². The minimum Gasteiger partial charge on any atom is -0.0887 e. The summed E-state index contributed by atoms with van der Waals surface area (Å²) in [7, 11) is 0. The lowest BCUT2D eigenvalue weighted by molar-refractivity contribution is 0.535. The van der Waals surface area contributed by atoms with Crippen molar-refractivity contribution in [3.63, 3.8) is 0 Å². The first-order valence-electron chi connectivity index (χ1n) is 9.43. The molecule has 0 nitrogen and oxygen atoms in total. The smallest absolute Gasteiger partial charge is 0.0323 e. The monoisotopic (exact) mass is 280 g/mol. The van der Waals surface area contributed by atoms with E-state index in [1.165, 1.54) is 96.3 Å². The Morgan fingerprint density at radius 1 is 0.600 bits per heavy atom. The van der Waals surface area contributed by atoms with Crippen molar-refractivity contribution >= 4 is 0 Å². The molecular weight excluding hydrogens is 240 g/mol. The molecule has 20 heavy (non-hydrogen) atoms. The van der Waals surface area contributed by atoms with E-state index in [4.69, 9.17) is 0 Å². The Bertz CT molecular complexity index is 202. The van der Waals surface area contributed by atoms with Crippen LogP contribution in [-0.4, -0.2) is 0 Å². The van der Waals surface area contributed by atoms with Crippen molar-refractivity contribution in [3.8, 4) is 0 Å². The van der Waals surface area contributed by atoms with Gasteiger partial charge in [-0.1, -0.05) is 102 Å². The van der Waals surface area contributed by atoms with E-state index in [-0.39, 0.29) is 0 Å². The molecule has 0 aliphatic carbocycles. The van der Waals surface area contributed by atoms with E-state index in [1.54, 1.807) is 5.57 Å². The summed E-state index contributed by atoms with van der Waals surface area (Å²) in [5.74, 6) is 0. The summed E-state index contributed by atoms with van der Waals surface area (Å²) < 4.78 is 0. The Hall–Kier alpha value is -0.260. The average molecular weight is 281 g/mol. The Morgan fingerprint density at radius 3 is 1.30 bits per heavy atom. The molecule has 120 valence electrons. The summed E-state index contributed by atoms with van der Waals surface area (Å²) in [6.45, 7) is 6.70. The van der Waals surface area contributed by atoms with Crippen molar-refractivity contribution in [1.29, 1.82) is 0 Å². The Morgan fingerprint density at radius 2 is 0.950 bits per heavy atom. The molecule has 0 saturated carbocycles. The van der Waals surface area contributed by atoms with Crippen molar-refractivity contribution in [3.05, 3.63) is 11.6 Å². The van der Waals surface area contributed by atoms with Gasteiger partial charge in [0.2, 0.25) is 0 Å². The van der Waals surface area contributed by atoms with Crippen molar-refractivity contribution in [2.24, 2.45) is 0 Å². The van der Waals surface area contributed by atoms with Crippen molar-refractivity contribution in [2.75, 3.05) is 0 Å². The molecule has 0 aliphatic heterocycles. The molecule has 0 rings (SSSR count). The number of allylic oxidation sites excluding steroid dienone is 2. The Kier molecular flexibility index (Phi) is 16.6. The minimum atomic E-state index is 1.31. The lowest BCUT2D eigenvalue weighted by Gasteiger charge is -2.03. The van der Waals surface area contributed by atoms with Gasteiger partial charge in [-0.15, -0.1) is 0 Å². The first kappa shape index (κ1) is 19.7. The zero-order chi connectivity index (χ0) is 14.9. The van der Waals surface area contributed by atoms with Crippen LogP contribution in [0, 0.1) is 0 Å². The lowest BCUT2D eigenvalue weighted by Crippen LogP contribution is -1.83. The van der Waals surface area contributed by atoms with Gasteiger partial charge in [0.25, 0.3) is 0 Å². The summed E-state index contributed by atoms with van der Waals surface area (Å²) in [4.78, 5) is 0. The van der Waals surface area contributed by atoms with Gasteiger partial charge in [0.15, 0.2) is 0 Å². The number of hydrogen-bond donors (Lipinski definition) is 0. The van der Waals surface area contributed by atoms with Gasteiger partial charge >= 0.3 is 0 Å². The first-order chi connectivity index (χ1) is 9.81. The molecule has 0 fully saturated rings. The van der Waals surface area contributed by atoms with Crippen molar-refractivity contribution < 1.29 is 0 Å². The summed E-state index contributed by atoms with van der Waals surface area (Å²) in [5, 5.41) is 0. The molecule has 0 aromatic rings. The molecule has 0 bridgehead atoms. The minimum absolute atomic E-state index is 1.31. The van der Waals surface area contributed by atoms with E-state index in [9.17, 15) is 0 Å². The van der Waals surface area contributed by atoms with Gasteiger partial charge in [0.1, 0.15) is 0 Å². The summed E-state index contributed by atoms with van der Waals surface area (Å²) in [5.41, 5.74) is 1.56. The van der Waals surface area contributed by atoms with Crippen molar-refractivity contribution in [2.45, 2.75) is 117 Å². The van der Waals surface area contributed by atoms with Gasteiger partial charge in [-0.25, -0.2) is 0 Å². The second kappa shape index (κ2) is 16.8. The van der Waals surface area contributed by atoms with Gasteiger partial charge in [-0.05, 0) is 26.7 Å². The maximum atomic E-state index is 2.29. The van der Waals surface area contributed by atoms with Gasteiger partial charge in [-0.3, -0.25) is 0 Å². The predicted octanol–water partition coefficient (Wildman–Crippen LogP) is 7.82. The third kappa shape index (κ3) is 15.8. The predicted molar refractivity (Wildman–Crippen MR) is 94.4 cm³/mol. The number of unbranched alkanes of at least 4 members (excludes halogenated alkanes) is 13.